The van der Waals surface area contributed by atoms with Gasteiger partial charge >= 0.3 is 0 Å². The second-order valence-electron chi connectivity index (χ2n) is 3.31. The molecule has 90 valence electrons. The van der Waals surface area contributed by atoms with E-state index in [0.29, 0.717) is 34.8 Å². The molecule has 0 unspecified atom stereocenters. The van der Waals surface area contributed by atoms with Crippen LogP contribution in [0, 0.1) is 5.21 Å². The molecule has 0 atom stereocenters. The van der Waals surface area contributed by atoms with Crippen molar-refractivity contribution in [3.05, 3.63) is 23.4 Å². The molecule has 0 spiro atoms. The lowest BCUT2D eigenvalue weighted by Crippen LogP contribution is -2.33. The van der Waals surface area contributed by atoms with Gasteiger partial charge in [0.25, 0.3) is 11.5 Å². The summed E-state index contributed by atoms with van der Waals surface area (Å²) in [6, 6.07) is 5.01. The second kappa shape index (κ2) is 4.79. The summed E-state index contributed by atoms with van der Waals surface area (Å²) in [6.45, 7) is 0.826. The molecule has 7 nitrogen and oxygen atoms in total. The average Bonchev–Trinajstić information content (AvgIpc) is 2.30. The van der Waals surface area contributed by atoms with Gasteiger partial charge in [0.1, 0.15) is 6.61 Å². The molecule has 0 saturated heterocycles. The Balaban J connectivity index is 2.42. The SMILES string of the molecule is COCCOc1cccc2c1nc(N)n[n+]2[O-]. The lowest BCUT2D eigenvalue weighted by molar-refractivity contribution is -0.641. The molecule has 2 N–H and O–H groups in total. The van der Waals surface area contributed by atoms with Crippen molar-refractivity contribution in [2.45, 2.75) is 0 Å². The largest absolute Gasteiger partial charge is 0.594 e. The number of nitrogens with two attached hydrogens (primary N) is 1. The molecule has 2 aromatic rings. The molecule has 1 aromatic carbocycles. The zero-order valence-corrected chi connectivity index (χ0v) is 9.29. The third kappa shape index (κ3) is 2.34. The number of fused-ring (bicyclic) bond motifs is 1. The van der Waals surface area contributed by atoms with E-state index < -0.39 is 0 Å². The van der Waals surface area contributed by atoms with Gasteiger partial charge in [0, 0.05) is 13.2 Å². The van der Waals surface area contributed by atoms with Crippen LogP contribution in [0.15, 0.2) is 18.2 Å². The normalized spacial score (nSPS) is 10.6. The highest BCUT2D eigenvalue weighted by molar-refractivity contribution is 5.78. The van der Waals surface area contributed by atoms with E-state index in [-0.39, 0.29) is 5.95 Å². The molecule has 17 heavy (non-hydrogen) atoms. The molecule has 0 aliphatic heterocycles. The minimum atomic E-state index is -0.0877. The number of nitrogen functional groups attached to an aromatic ring is 1. The summed E-state index contributed by atoms with van der Waals surface area (Å²) in [4.78, 5) is 4.43. The number of nitrogens with zero attached hydrogens (tertiary/aromatic N) is 3. The Bertz CT molecular complexity index is 532. The summed E-state index contributed by atoms with van der Waals surface area (Å²) in [5, 5.41) is 15.0. The van der Waals surface area contributed by atoms with Gasteiger partial charge in [0.05, 0.1) is 11.7 Å². The minimum absolute atomic E-state index is 0.0877. The number of benzene rings is 1. The zero-order valence-electron chi connectivity index (χ0n) is 9.29. The van der Waals surface area contributed by atoms with Gasteiger partial charge in [-0.1, -0.05) is 6.07 Å². The van der Waals surface area contributed by atoms with Gasteiger partial charge in [-0.2, -0.15) is 4.98 Å². The van der Waals surface area contributed by atoms with E-state index in [1.807, 2.05) is 0 Å². The Kier molecular flexibility index (Phi) is 3.20. The molecule has 2 rings (SSSR count). The van der Waals surface area contributed by atoms with Crippen LogP contribution < -0.4 is 15.3 Å². The molecule has 0 aliphatic carbocycles. The monoisotopic (exact) mass is 236 g/mol. The van der Waals surface area contributed by atoms with Crippen molar-refractivity contribution in [3.8, 4) is 5.75 Å². The first-order valence-corrected chi connectivity index (χ1v) is 5.00. The predicted octanol–water partition coefficient (Wildman–Crippen LogP) is -0.129. The number of anilines is 1. The Morgan fingerprint density at radius 3 is 3.00 bits per heavy atom. The number of hydrogen-bond acceptors (Lipinski definition) is 6. The highest BCUT2D eigenvalue weighted by Gasteiger charge is 2.13. The van der Waals surface area contributed by atoms with Crippen molar-refractivity contribution in [2.75, 3.05) is 26.1 Å². The fraction of sp³-hybridized carbons (Fsp3) is 0.300. The quantitative estimate of drug-likeness (QED) is 0.451. The molecule has 0 saturated carbocycles. The number of aromatic nitrogens is 3. The van der Waals surface area contributed by atoms with Crippen molar-refractivity contribution < 1.29 is 14.3 Å². The van der Waals surface area contributed by atoms with Gasteiger partial charge in [-0.25, -0.2) is 0 Å². The summed E-state index contributed by atoms with van der Waals surface area (Å²) in [5.74, 6) is 0.397. The third-order valence-corrected chi connectivity index (χ3v) is 2.15. The van der Waals surface area contributed by atoms with E-state index in [2.05, 4.69) is 10.1 Å². The highest BCUT2D eigenvalue weighted by atomic mass is 16.5. The summed E-state index contributed by atoms with van der Waals surface area (Å²) >= 11 is 0. The van der Waals surface area contributed by atoms with Crippen LogP contribution in [0.2, 0.25) is 0 Å². The van der Waals surface area contributed by atoms with Crippen molar-refractivity contribution in [2.24, 2.45) is 0 Å². The van der Waals surface area contributed by atoms with Crippen LogP contribution in [0.4, 0.5) is 5.95 Å². The van der Waals surface area contributed by atoms with Crippen molar-refractivity contribution >= 4 is 17.0 Å². The van der Waals surface area contributed by atoms with E-state index in [9.17, 15) is 5.21 Å². The Labute approximate surface area is 97.4 Å². The van der Waals surface area contributed by atoms with E-state index in [1.165, 1.54) is 0 Å². The van der Waals surface area contributed by atoms with Crippen LogP contribution in [-0.4, -0.2) is 30.4 Å². The first-order chi connectivity index (χ1) is 8.22. The van der Waals surface area contributed by atoms with Crippen LogP contribution in [-0.2, 0) is 4.74 Å². The number of hydrogen-bond donors (Lipinski definition) is 1. The van der Waals surface area contributed by atoms with Gasteiger partial charge in [0.15, 0.2) is 11.3 Å². The molecule has 0 fully saturated rings. The Morgan fingerprint density at radius 2 is 2.24 bits per heavy atom. The molecule has 0 radical (unpaired) electrons. The molecule has 0 aliphatic rings. The lowest BCUT2D eigenvalue weighted by atomic mass is 10.3. The predicted molar refractivity (Wildman–Crippen MR) is 60.3 cm³/mol. The lowest BCUT2D eigenvalue weighted by Gasteiger charge is -2.07. The molecule has 0 bridgehead atoms. The minimum Gasteiger partial charge on any atom is -0.594 e. The fourth-order valence-corrected chi connectivity index (χ4v) is 1.41. The topological polar surface area (TPSA) is 97.2 Å². The van der Waals surface area contributed by atoms with Crippen LogP contribution in [0.5, 0.6) is 5.75 Å². The van der Waals surface area contributed by atoms with Crippen LogP contribution in [0.25, 0.3) is 11.0 Å². The van der Waals surface area contributed by atoms with E-state index in [1.54, 1.807) is 25.3 Å². The van der Waals surface area contributed by atoms with Gasteiger partial charge in [-0.05, 0) is 10.9 Å². The first kappa shape index (κ1) is 11.3. The van der Waals surface area contributed by atoms with Gasteiger partial charge in [0.2, 0.25) is 0 Å². The maximum Gasteiger partial charge on any atom is 0.288 e. The molecule has 1 heterocycles. The number of para-hydroxylation sites is 1. The number of ether oxygens (including phenoxy) is 2. The smallest absolute Gasteiger partial charge is 0.288 e. The molecular weight excluding hydrogens is 224 g/mol. The molecule has 0 amide bonds. The van der Waals surface area contributed by atoms with Crippen LogP contribution in [0.1, 0.15) is 0 Å². The Morgan fingerprint density at radius 1 is 1.41 bits per heavy atom. The average molecular weight is 236 g/mol. The maximum atomic E-state index is 11.5. The van der Waals surface area contributed by atoms with Crippen molar-refractivity contribution in [3.63, 3.8) is 0 Å². The zero-order chi connectivity index (χ0) is 12.3. The first-order valence-electron chi connectivity index (χ1n) is 5.00. The number of rotatable bonds is 4. The summed E-state index contributed by atoms with van der Waals surface area (Å²) in [5.41, 5.74) is 6.13. The van der Waals surface area contributed by atoms with Crippen molar-refractivity contribution in [1.82, 2.24) is 10.1 Å². The summed E-state index contributed by atoms with van der Waals surface area (Å²) in [6.07, 6.45) is 0. The summed E-state index contributed by atoms with van der Waals surface area (Å²) in [7, 11) is 1.58. The maximum absolute atomic E-state index is 11.5. The van der Waals surface area contributed by atoms with Gasteiger partial charge in [-0.15, -0.1) is 0 Å². The molecule has 7 heteroatoms. The van der Waals surface area contributed by atoms with E-state index >= 15 is 0 Å². The van der Waals surface area contributed by atoms with Gasteiger partial charge in [-0.3, -0.25) is 0 Å². The third-order valence-electron chi connectivity index (χ3n) is 2.15. The second-order valence-corrected chi connectivity index (χ2v) is 3.31. The van der Waals surface area contributed by atoms with E-state index in [4.69, 9.17) is 15.2 Å². The van der Waals surface area contributed by atoms with Crippen molar-refractivity contribution in [1.29, 1.82) is 0 Å². The molecular formula is C10H12N4O3. The number of methoxy groups -OCH3 is 1. The highest BCUT2D eigenvalue weighted by Crippen LogP contribution is 2.21. The Hall–Kier alpha value is -2.15. The van der Waals surface area contributed by atoms with Crippen LogP contribution >= 0.6 is 0 Å². The fourth-order valence-electron chi connectivity index (χ4n) is 1.41. The van der Waals surface area contributed by atoms with E-state index in [0.717, 1.165) is 0 Å². The van der Waals surface area contributed by atoms with Crippen LogP contribution in [0.3, 0.4) is 0 Å². The van der Waals surface area contributed by atoms with Gasteiger partial charge < -0.3 is 20.4 Å². The molecule has 1 aromatic heterocycles. The summed E-state index contributed by atoms with van der Waals surface area (Å²) < 4.78 is 10.3. The standard InChI is InChI=1S/C10H12N4O3/c1-16-5-6-17-8-4-2-3-7-9(8)12-10(11)13-14(7)15/h2-4H,5-6H2,1H3,(H2,11,12,13).